The summed E-state index contributed by atoms with van der Waals surface area (Å²) in [4.78, 5) is 10.7. The third-order valence-corrected chi connectivity index (χ3v) is 4.02. The molecule has 2 bridgehead atoms. The van der Waals surface area contributed by atoms with E-state index in [1.807, 2.05) is 0 Å². The zero-order valence-electron chi connectivity index (χ0n) is 6.36. The minimum Gasteiger partial charge on any atom is -0.481 e. The molecule has 3 fully saturated rings. The van der Waals surface area contributed by atoms with E-state index < -0.39 is 5.97 Å². The lowest BCUT2D eigenvalue weighted by molar-refractivity contribution is -0.139. The van der Waals surface area contributed by atoms with Crippen molar-refractivity contribution in [1.82, 2.24) is 0 Å². The summed E-state index contributed by atoms with van der Waals surface area (Å²) in [5.41, 5.74) is 0. The summed E-state index contributed by atoms with van der Waals surface area (Å²) >= 11 is 0. The van der Waals surface area contributed by atoms with Crippen molar-refractivity contribution in [2.24, 2.45) is 29.6 Å². The predicted molar refractivity (Wildman–Crippen MR) is 38.9 cm³/mol. The van der Waals surface area contributed by atoms with Gasteiger partial charge in [0.1, 0.15) is 0 Å². The minimum atomic E-state index is -0.531. The Morgan fingerprint density at radius 1 is 1.18 bits per heavy atom. The van der Waals surface area contributed by atoms with Crippen molar-refractivity contribution in [2.45, 2.75) is 19.3 Å². The number of hydrogen-bond donors (Lipinski definition) is 1. The Kier molecular flexibility index (Phi) is 0.890. The summed E-state index contributed by atoms with van der Waals surface area (Å²) in [5.74, 6) is 2.34. The Labute approximate surface area is 65.6 Å². The van der Waals surface area contributed by atoms with Gasteiger partial charge >= 0.3 is 5.97 Å². The fourth-order valence-electron chi connectivity index (χ4n) is 3.66. The number of carboxylic acids is 1. The summed E-state index contributed by atoms with van der Waals surface area (Å²) in [7, 11) is 0. The van der Waals surface area contributed by atoms with Gasteiger partial charge in [-0.25, -0.2) is 0 Å². The lowest BCUT2D eigenvalue weighted by Crippen LogP contribution is -2.07. The van der Waals surface area contributed by atoms with Crippen LogP contribution in [0.3, 0.4) is 0 Å². The quantitative estimate of drug-likeness (QED) is 0.616. The average molecular weight is 152 g/mol. The van der Waals surface area contributed by atoms with Crippen LogP contribution < -0.4 is 0 Å². The van der Waals surface area contributed by atoms with Crippen molar-refractivity contribution < 1.29 is 9.90 Å². The van der Waals surface area contributed by atoms with Gasteiger partial charge in [0.05, 0.1) is 5.92 Å². The highest BCUT2D eigenvalue weighted by Crippen LogP contribution is 2.69. The van der Waals surface area contributed by atoms with E-state index in [0.717, 1.165) is 11.8 Å². The highest BCUT2D eigenvalue weighted by Gasteiger charge is 2.67. The van der Waals surface area contributed by atoms with Crippen LogP contribution in [-0.2, 0) is 4.79 Å². The molecule has 0 aromatic heterocycles. The molecule has 0 spiro atoms. The van der Waals surface area contributed by atoms with Crippen LogP contribution in [0.5, 0.6) is 0 Å². The Morgan fingerprint density at radius 2 is 1.73 bits per heavy atom. The van der Waals surface area contributed by atoms with Gasteiger partial charge in [-0.1, -0.05) is 0 Å². The van der Waals surface area contributed by atoms with Gasteiger partial charge in [-0.2, -0.15) is 0 Å². The average Bonchev–Trinajstić information content (AvgIpc) is 2.44. The molecule has 60 valence electrons. The standard InChI is InChI=1S/C9H12O2/c10-9(11)8-6-4-1-2-5(3-4)7(6)8/h4-8H,1-3H2,(H,10,11)/t4-,5-,6-,7+,8?/m1/s1. The second-order valence-electron chi connectivity index (χ2n) is 4.35. The van der Waals surface area contributed by atoms with Gasteiger partial charge in [0.15, 0.2) is 0 Å². The molecule has 0 radical (unpaired) electrons. The molecule has 0 amide bonds. The summed E-state index contributed by atoms with van der Waals surface area (Å²) < 4.78 is 0. The third-order valence-electron chi connectivity index (χ3n) is 4.02. The molecule has 0 aliphatic heterocycles. The summed E-state index contributed by atoms with van der Waals surface area (Å²) in [5, 5.41) is 8.82. The molecule has 3 aliphatic rings. The van der Waals surface area contributed by atoms with Crippen LogP contribution in [0, 0.1) is 29.6 Å². The van der Waals surface area contributed by atoms with Crippen LogP contribution in [0.25, 0.3) is 0 Å². The van der Waals surface area contributed by atoms with Gasteiger partial charge in [0.25, 0.3) is 0 Å². The second kappa shape index (κ2) is 1.62. The molecule has 2 heteroatoms. The van der Waals surface area contributed by atoms with E-state index in [0.29, 0.717) is 11.8 Å². The number of aliphatic carboxylic acids is 1. The second-order valence-corrected chi connectivity index (χ2v) is 4.35. The fourth-order valence-corrected chi connectivity index (χ4v) is 3.66. The number of fused-ring (bicyclic) bond motifs is 5. The maximum absolute atomic E-state index is 10.7. The fraction of sp³-hybridized carbons (Fsp3) is 0.889. The maximum atomic E-state index is 10.7. The van der Waals surface area contributed by atoms with E-state index in [1.165, 1.54) is 19.3 Å². The van der Waals surface area contributed by atoms with Crippen LogP contribution in [0.15, 0.2) is 0 Å². The smallest absolute Gasteiger partial charge is 0.307 e. The first kappa shape index (κ1) is 6.04. The molecule has 0 aromatic rings. The molecule has 11 heavy (non-hydrogen) atoms. The third kappa shape index (κ3) is 0.569. The van der Waals surface area contributed by atoms with Crippen LogP contribution >= 0.6 is 0 Å². The van der Waals surface area contributed by atoms with Crippen molar-refractivity contribution >= 4 is 5.97 Å². The van der Waals surface area contributed by atoms with E-state index in [-0.39, 0.29) is 5.92 Å². The van der Waals surface area contributed by atoms with Crippen LogP contribution in [0.1, 0.15) is 19.3 Å². The lowest BCUT2D eigenvalue weighted by Gasteiger charge is -2.04. The first-order valence-corrected chi connectivity index (χ1v) is 4.52. The van der Waals surface area contributed by atoms with Crippen molar-refractivity contribution in [3.63, 3.8) is 0 Å². The molecular formula is C9H12O2. The number of carbonyl (C=O) groups is 1. The normalized spacial score (nSPS) is 57.6. The van der Waals surface area contributed by atoms with Crippen molar-refractivity contribution in [1.29, 1.82) is 0 Å². The highest BCUT2D eigenvalue weighted by molar-refractivity contribution is 5.75. The summed E-state index contributed by atoms with van der Waals surface area (Å²) in [6.07, 6.45) is 3.98. The van der Waals surface area contributed by atoms with Crippen molar-refractivity contribution in [3.8, 4) is 0 Å². The highest BCUT2D eigenvalue weighted by atomic mass is 16.4. The largest absolute Gasteiger partial charge is 0.481 e. The van der Waals surface area contributed by atoms with Gasteiger partial charge in [-0.15, -0.1) is 0 Å². The van der Waals surface area contributed by atoms with Gasteiger partial charge in [0.2, 0.25) is 0 Å². The summed E-state index contributed by atoms with van der Waals surface area (Å²) in [6, 6.07) is 0. The number of hydrogen-bond acceptors (Lipinski definition) is 1. The predicted octanol–water partition coefficient (Wildman–Crippen LogP) is 1.36. The van der Waals surface area contributed by atoms with Crippen LogP contribution in [0.2, 0.25) is 0 Å². The van der Waals surface area contributed by atoms with Gasteiger partial charge in [0, 0.05) is 0 Å². The lowest BCUT2D eigenvalue weighted by atomic mass is 10.0. The molecule has 1 unspecified atom stereocenters. The topological polar surface area (TPSA) is 37.3 Å². The van der Waals surface area contributed by atoms with E-state index in [9.17, 15) is 4.79 Å². The molecule has 5 atom stereocenters. The Morgan fingerprint density at radius 3 is 2.18 bits per heavy atom. The first-order valence-electron chi connectivity index (χ1n) is 4.52. The van der Waals surface area contributed by atoms with Crippen LogP contribution in [-0.4, -0.2) is 11.1 Å². The molecule has 0 saturated heterocycles. The Hall–Kier alpha value is -0.530. The molecule has 3 saturated carbocycles. The van der Waals surface area contributed by atoms with E-state index >= 15 is 0 Å². The zero-order valence-corrected chi connectivity index (χ0v) is 6.36. The van der Waals surface area contributed by atoms with Crippen LogP contribution in [0.4, 0.5) is 0 Å². The van der Waals surface area contributed by atoms with Gasteiger partial charge in [-0.05, 0) is 42.9 Å². The number of carboxylic acid groups (broad SMARTS) is 1. The van der Waals surface area contributed by atoms with Crippen molar-refractivity contribution in [2.75, 3.05) is 0 Å². The van der Waals surface area contributed by atoms with Gasteiger partial charge in [-0.3, -0.25) is 4.79 Å². The molecule has 1 N–H and O–H groups in total. The van der Waals surface area contributed by atoms with Gasteiger partial charge < -0.3 is 5.11 Å². The van der Waals surface area contributed by atoms with E-state index in [4.69, 9.17) is 5.11 Å². The maximum Gasteiger partial charge on any atom is 0.307 e. The minimum absolute atomic E-state index is 0.0706. The molecule has 0 heterocycles. The monoisotopic (exact) mass is 152 g/mol. The first-order chi connectivity index (χ1) is 5.29. The molecular weight excluding hydrogens is 140 g/mol. The zero-order chi connectivity index (χ0) is 7.59. The van der Waals surface area contributed by atoms with Crippen molar-refractivity contribution in [3.05, 3.63) is 0 Å². The SMILES string of the molecule is O=C(O)C1[C@@H]2[C@@H]3CC[C@H](C3)[C@H]12. The summed E-state index contributed by atoms with van der Waals surface area (Å²) in [6.45, 7) is 0. The molecule has 2 nitrogen and oxygen atoms in total. The Balaban J connectivity index is 1.86. The molecule has 3 aliphatic carbocycles. The van der Waals surface area contributed by atoms with E-state index in [1.54, 1.807) is 0 Å². The molecule has 0 aromatic carbocycles. The Bertz CT molecular complexity index is 208. The molecule has 3 rings (SSSR count). The number of rotatable bonds is 1. The van der Waals surface area contributed by atoms with E-state index in [2.05, 4.69) is 0 Å².